The van der Waals surface area contributed by atoms with Crippen molar-refractivity contribution in [2.75, 3.05) is 0 Å². The Balaban J connectivity index is 2.22. The van der Waals surface area contributed by atoms with E-state index in [9.17, 15) is 4.79 Å². The molecular formula is C17H12BrClN2O. The predicted octanol–water partition coefficient (Wildman–Crippen LogP) is 5.29. The molecule has 5 heteroatoms. The highest BCUT2D eigenvalue weighted by molar-refractivity contribution is 9.10. The van der Waals surface area contributed by atoms with Crippen LogP contribution >= 0.6 is 27.5 Å². The van der Waals surface area contributed by atoms with Gasteiger partial charge in [-0.2, -0.15) is 0 Å². The van der Waals surface area contributed by atoms with Gasteiger partial charge in [-0.3, -0.25) is 9.36 Å². The Morgan fingerprint density at radius 1 is 1.05 bits per heavy atom. The van der Waals surface area contributed by atoms with Gasteiger partial charge in [-0.05, 0) is 40.2 Å². The van der Waals surface area contributed by atoms with E-state index in [1.54, 1.807) is 16.7 Å². The molecule has 0 unspecified atom stereocenters. The van der Waals surface area contributed by atoms with Crippen LogP contribution in [0.5, 0.6) is 0 Å². The molecule has 1 heterocycles. The van der Waals surface area contributed by atoms with Gasteiger partial charge in [-0.15, -0.1) is 0 Å². The summed E-state index contributed by atoms with van der Waals surface area (Å²) in [6.45, 7) is 1.51. The summed E-state index contributed by atoms with van der Waals surface area (Å²) in [4.78, 5) is 16.7. The van der Waals surface area contributed by atoms with Crippen molar-refractivity contribution >= 4 is 33.4 Å². The number of hydrogen-bond donors (Lipinski definition) is 0. The highest BCUT2D eigenvalue weighted by Gasteiger charge is 2.20. The number of nitrogens with zero attached hydrogens (tertiary/aromatic N) is 2. The molecule has 0 fully saturated rings. The van der Waals surface area contributed by atoms with Crippen LogP contribution in [0.1, 0.15) is 11.7 Å². The van der Waals surface area contributed by atoms with E-state index in [0.717, 1.165) is 16.8 Å². The van der Waals surface area contributed by atoms with E-state index in [1.807, 2.05) is 42.5 Å². The highest BCUT2D eigenvalue weighted by atomic mass is 79.9. The molecule has 0 aliphatic rings. The van der Waals surface area contributed by atoms with Crippen LogP contribution in [0.2, 0.25) is 5.02 Å². The summed E-state index contributed by atoms with van der Waals surface area (Å²) in [5.41, 5.74) is 2.52. The minimum Gasteiger partial charge on any atom is -0.274 e. The van der Waals surface area contributed by atoms with Crippen molar-refractivity contribution in [3.63, 3.8) is 0 Å². The molecule has 0 N–H and O–H groups in total. The summed E-state index contributed by atoms with van der Waals surface area (Å²) in [7, 11) is 0. The van der Waals surface area contributed by atoms with E-state index in [1.165, 1.54) is 6.92 Å². The summed E-state index contributed by atoms with van der Waals surface area (Å²) < 4.78 is 2.21. The first-order valence-corrected chi connectivity index (χ1v) is 7.85. The van der Waals surface area contributed by atoms with Gasteiger partial charge in [0.05, 0.1) is 0 Å². The number of carbonyl (C=O) groups excluding carboxylic acids is 1. The van der Waals surface area contributed by atoms with Crippen molar-refractivity contribution in [2.45, 2.75) is 6.92 Å². The topological polar surface area (TPSA) is 34.9 Å². The van der Waals surface area contributed by atoms with Crippen LogP contribution in [-0.4, -0.2) is 15.5 Å². The monoisotopic (exact) mass is 374 g/mol. The molecule has 0 atom stereocenters. The lowest BCUT2D eigenvalue weighted by molar-refractivity contribution is 0.0936. The number of rotatable bonds is 2. The maximum absolute atomic E-state index is 12.0. The molecule has 3 nitrogen and oxygen atoms in total. The van der Waals surface area contributed by atoms with Gasteiger partial charge in [0, 0.05) is 23.1 Å². The summed E-state index contributed by atoms with van der Waals surface area (Å²) in [6, 6.07) is 17.0. The number of halogens is 2. The van der Waals surface area contributed by atoms with Crippen LogP contribution in [0.4, 0.5) is 0 Å². The molecule has 0 aliphatic carbocycles. The molecule has 0 radical (unpaired) electrons. The minimum absolute atomic E-state index is 0.105. The smallest absolute Gasteiger partial charge is 0.230 e. The molecule has 0 bridgehead atoms. The molecule has 3 rings (SSSR count). The molecule has 0 saturated carbocycles. The molecular weight excluding hydrogens is 364 g/mol. The Morgan fingerprint density at radius 3 is 2.27 bits per heavy atom. The Kier molecular flexibility index (Phi) is 4.14. The Hall–Kier alpha value is -1.91. The van der Waals surface area contributed by atoms with Crippen LogP contribution in [0, 0.1) is 0 Å². The first-order valence-electron chi connectivity index (χ1n) is 6.68. The van der Waals surface area contributed by atoms with Crippen LogP contribution in [0.3, 0.4) is 0 Å². The lowest BCUT2D eigenvalue weighted by Gasteiger charge is -2.04. The maximum Gasteiger partial charge on any atom is 0.230 e. The SMILES string of the molecule is CC(=O)n1c(-c2ccc(Cl)cc2)nc(-c2ccccc2)c1Br. The third-order valence-electron chi connectivity index (χ3n) is 3.29. The normalized spacial score (nSPS) is 10.7. The van der Waals surface area contributed by atoms with Crippen LogP contribution in [0.25, 0.3) is 22.6 Å². The second-order valence-electron chi connectivity index (χ2n) is 4.80. The van der Waals surface area contributed by atoms with Crippen LogP contribution in [0.15, 0.2) is 59.2 Å². The van der Waals surface area contributed by atoms with E-state index in [4.69, 9.17) is 11.6 Å². The second-order valence-corrected chi connectivity index (χ2v) is 5.99. The third-order valence-corrected chi connectivity index (χ3v) is 4.27. The summed E-state index contributed by atoms with van der Waals surface area (Å²) in [5.74, 6) is 0.487. The molecule has 0 saturated heterocycles. The van der Waals surface area contributed by atoms with Crippen molar-refractivity contribution in [1.29, 1.82) is 0 Å². The van der Waals surface area contributed by atoms with Crippen molar-refractivity contribution < 1.29 is 4.79 Å². The minimum atomic E-state index is -0.105. The molecule has 0 spiro atoms. The first-order chi connectivity index (χ1) is 10.6. The fourth-order valence-corrected chi connectivity index (χ4v) is 3.12. The third kappa shape index (κ3) is 2.72. The second kappa shape index (κ2) is 6.07. The Morgan fingerprint density at radius 2 is 1.68 bits per heavy atom. The fourth-order valence-electron chi connectivity index (χ4n) is 2.26. The maximum atomic E-state index is 12.0. The molecule has 3 aromatic rings. The molecule has 0 amide bonds. The molecule has 2 aromatic carbocycles. The zero-order valence-corrected chi connectivity index (χ0v) is 14.1. The average molecular weight is 376 g/mol. The number of carbonyl (C=O) groups is 1. The van der Waals surface area contributed by atoms with Crippen molar-refractivity contribution in [2.24, 2.45) is 0 Å². The van der Waals surface area contributed by atoms with Gasteiger partial charge >= 0.3 is 0 Å². The Labute approximate surface area is 141 Å². The lowest BCUT2D eigenvalue weighted by Crippen LogP contribution is -2.07. The lowest BCUT2D eigenvalue weighted by atomic mass is 10.2. The first kappa shape index (κ1) is 15.0. The van der Waals surface area contributed by atoms with Crippen molar-refractivity contribution in [3.8, 4) is 22.6 Å². The van der Waals surface area contributed by atoms with Crippen LogP contribution in [-0.2, 0) is 0 Å². The molecule has 1 aromatic heterocycles. The molecule has 0 aliphatic heterocycles. The van der Waals surface area contributed by atoms with E-state index in [0.29, 0.717) is 15.5 Å². The van der Waals surface area contributed by atoms with Gasteiger partial charge in [-0.1, -0.05) is 41.9 Å². The van der Waals surface area contributed by atoms with E-state index >= 15 is 0 Å². The van der Waals surface area contributed by atoms with E-state index in [2.05, 4.69) is 20.9 Å². The van der Waals surface area contributed by atoms with E-state index in [-0.39, 0.29) is 5.91 Å². The number of hydrogen-bond acceptors (Lipinski definition) is 2. The van der Waals surface area contributed by atoms with Crippen LogP contribution < -0.4 is 0 Å². The van der Waals surface area contributed by atoms with Gasteiger partial charge in [0.15, 0.2) is 0 Å². The standard InChI is InChI=1S/C17H12BrClN2O/c1-11(22)21-16(18)15(12-5-3-2-4-6-12)20-17(21)13-7-9-14(19)10-8-13/h2-10H,1H3. The van der Waals surface area contributed by atoms with Crippen molar-refractivity contribution in [1.82, 2.24) is 9.55 Å². The molecule has 110 valence electrons. The predicted molar refractivity (Wildman–Crippen MR) is 92.1 cm³/mol. The zero-order valence-electron chi connectivity index (χ0n) is 11.8. The van der Waals surface area contributed by atoms with E-state index < -0.39 is 0 Å². The van der Waals surface area contributed by atoms with Gasteiger partial charge in [0.2, 0.25) is 5.91 Å². The zero-order chi connectivity index (χ0) is 15.7. The number of benzene rings is 2. The van der Waals surface area contributed by atoms with Gasteiger partial charge in [0.25, 0.3) is 0 Å². The molecule has 22 heavy (non-hydrogen) atoms. The Bertz CT molecular complexity index is 826. The summed E-state index contributed by atoms with van der Waals surface area (Å²) in [6.07, 6.45) is 0. The fraction of sp³-hybridized carbons (Fsp3) is 0.0588. The van der Waals surface area contributed by atoms with Gasteiger partial charge < -0.3 is 0 Å². The quantitative estimate of drug-likeness (QED) is 0.610. The average Bonchev–Trinajstić information content (AvgIpc) is 2.86. The number of imidazole rings is 1. The summed E-state index contributed by atoms with van der Waals surface area (Å²) in [5, 5.41) is 0.645. The summed E-state index contributed by atoms with van der Waals surface area (Å²) >= 11 is 9.44. The number of aromatic nitrogens is 2. The van der Waals surface area contributed by atoms with Crippen molar-refractivity contribution in [3.05, 3.63) is 64.2 Å². The van der Waals surface area contributed by atoms with Gasteiger partial charge in [-0.25, -0.2) is 4.98 Å². The van der Waals surface area contributed by atoms with Gasteiger partial charge in [0.1, 0.15) is 16.1 Å². The highest BCUT2D eigenvalue weighted by Crippen LogP contribution is 2.33. The largest absolute Gasteiger partial charge is 0.274 e.